The van der Waals surface area contributed by atoms with Gasteiger partial charge >= 0.3 is 18.1 Å². The average molecular weight is 334 g/mol. The van der Waals surface area contributed by atoms with Gasteiger partial charge in [-0.25, -0.2) is 9.59 Å². The van der Waals surface area contributed by atoms with E-state index in [9.17, 15) is 18.0 Å². The Hall–Kier alpha value is -2.29. The van der Waals surface area contributed by atoms with Crippen LogP contribution in [0.15, 0.2) is 24.3 Å². The molecule has 0 aliphatic carbocycles. The number of carboxylic acids is 2. The quantitative estimate of drug-likeness (QED) is 0.858. The summed E-state index contributed by atoms with van der Waals surface area (Å²) < 4.78 is 31.7. The predicted octanol–water partition coefficient (Wildman–Crippen LogP) is 1.77. The Labute approximate surface area is 130 Å². The molecule has 1 saturated heterocycles. The highest BCUT2D eigenvalue weighted by Gasteiger charge is 2.38. The number of anilines is 1. The first kappa shape index (κ1) is 18.8. The number of aromatic carboxylic acids is 1. The molecule has 1 aliphatic rings. The molecule has 0 aromatic heterocycles. The molecule has 23 heavy (non-hydrogen) atoms. The minimum atomic E-state index is -5.08. The maximum atomic E-state index is 11.1. The molecule has 1 fully saturated rings. The van der Waals surface area contributed by atoms with Gasteiger partial charge in [0.25, 0.3) is 0 Å². The summed E-state index contributed by atoms with van der Waals surface area (Å²) in [4.78, 5) is 24.4. The summed E-state index contributed by atoms with van der Waals surface area (Å²) in [5.41, 5.74) is 1.23. The first-order chi connectivity index (χ1) is 10.6. The van der Waals surface area contributed by atoms with Crippen LogP contribution in [-0.4, -0.2) is 66.5 Å². The van der Waals surface area contributed by atoms with E-state index >= 15 is 0 Å². The van der Waals surface area contributed by atoms with E-state index in [1.165, 1.54) is 0 Å². The van der Waals surface area contributed by atoms with Gasteiger partial charge in [0.15, 0.2) is 0 Å². The SMILES string of the molecule is CN1CCN(c2ccccc2C(=O)O)CC1.O=C(O)C(F)(F)F. The molecule has 128 valence electrons. The van der Waals surface area contributed by atoms with Crippen molar-refractivity contribution in [2.24, 2.45) is 0 Å². The number of alkyl halides is 3. The van der Waals surface area contributed by atoms with E-state index in [1.54, 1.807) is 12.1 Å². The number of hydrogen-bond donors (Lipinski definition) is 2. The summed E-state index contributed by atoms with van der Waals surface area (Å²) >= 11 is 0. The van der Waals surface area contributed by atoms with Gasteiger partial charge in [-0.15, -0.1) is 0 Å². The molecule has 0 amide bonds. The van der Waals surface area contributed by atoms with E-state index in [0.29, 0.717) is 5.56 Å². The fourth-order valence-electron chi connectivity index (χ4n) is 1.98. The molecular formula is C14H17F3N2O4. The molecule has 6 nitrogen and oxygen atoms in total. The Morgan fingerprint density at radius 3 is 1.96 bits per heavy atom. The van der Waals surface area contributed by atoms with Crippen LogP contribution in [0, 0.1) is 0 Å². The van der Waals surface area contributed by atoms with Gasteiger partial charge in [0, 0.05) is 26.2 Å². The highest BCUT2D eigenvalue weighted by atomic mass is 19.4. The molecule has 0 saturated carbocycles. The summed E-state index contributed by atoms with van der Waals surface area (Å²) in [6.07, 6.45) is -5.08. The molecule has 1 heterocycles. The third-order valence-corrected chi connectivity index (χ3v) is 3.22. The summed E-state index contributed by atoms with van der Waals surface area (Å²) in [7, 11) is 2.08. The third-order valence-electron chi connectivity index (χ3n) is 3.22. The maximum absolute atomic E-state index is 11.1. The number of carboxylic acid groups (broad SMARTS) is 2. The Morgan fingerprint density at radius 2 is 1.52 bits per heavy atom. The van der Waals surface area contributed by atoms with E-state index in [-0.39, 0.29) is 0 Å². The molecule has 2 N–H and O–H groups in total. The van der Waals surface area contributed by atoms with Gasteiger partial charge in [0.2, 0.25) is 0 Å². The number of piperazine rings is 1. The van der Waals surface area contributed by atoms with Crippen LogP contribution in [0.1, 0.15) is 10.4 Å². The molecular weight excluding hydrogens is 317 g/mol. The first-order valence-electron chi connectivity index (χ1n) is 6.69. The summed E-state index contributed by atoms with van der Waals surface area (Å²) in [5.74, 6) is -3.61. The first-order valence-corrected chi connectivity index (χ1v) is 6.69. The number of nitrogens with zero attached hydrogens (tertiary/aromatic N) is 2. The fourth-order valence-corrected chi connectivity index (χ4v) is 1.98. The number of benzene rings is 1. The molecule has 9 heteroatoms. The van der Waals surface area contributed by atoms with Gasteiger partial charge in [-0.1, -0.05) is 12.1 Å². The summed E-state index contributed by atoms with van der Waals surface area (Å²) in [6, 6.07) is 7.20. The highest BCUT2D eigenvalue weighted by molar-refractivity contribution is 5.94. The third kappa shape index (κ3) is 5.78. The standard InChI is InChI=1S/C12H16N2O2.C2HF3O2/c1-13-6-8-14(9-7-13)11-5-3-2-4-10(11)12(15)16;3-2(4,5)1(6)7/h2-5H,6-9H2,1H3,(H,15,16);(H,6,7). The Bertz CT molecular complexity index is 555. The summed E-state index contributed by atoms with van der Waals surface area (Å²) in [6.45, 7) is 3.74. The lowest BCUT2D eigenvalue weighted by Crippen LogP contribution is -2.45. The van der Waals surface area contributed by atoms with Gasteiger partial charge in [0.1, 0.15) is 0 Å². The predicted molar refractivity (Wildman–Crippen MR) is 76.8 cm³/mol. The molecule has 0 bridgehead atoms. The minimum absolute atomic E-state index is 0.395. The highest BCUT2D eigenvalue weighted by Crippen LogP contribution is 2.21. The topological polar surface area (TPSA) is 81.1 Å². The van der Waals surface area contributed by atoms with E-state index in [1.807, 2.05) is 12.1 Å². The van der Waals surface area contributed by atoms with Crippen molar-refractivity contribution in [3.63, 3.8) is 0 Å². The fraction of sp³-hybridized carbons (Fsp3) is 0.429. The van der Waals surface area contributed by atoms with Gasteiger partial charge < -0.3 is 20.0 Å². The van der Waals surface area contributed by atoms with Crippen molar-refractivity contribution in [1.82, 2.24) is 4.90 Å². The number of rotatable bonds is 2. The number of halogens is 3. The van der Waals surface area contributed by atoms with Gasteiger partial charge in [-0.3, -0.25) is 0 Å². The zero-order valence-corrected chi connectivity index (χ0v) is 12.4. The van der Waals surface area contributed by atoms with Crippen molar-refractivity contribution < 1.29 is 33.0 Å². The van der Waals surface area contributed by atoms with E-state index in [4.69, 9.17) is 15.0 Å². The zero-order valence-electron chi connectivity index (χ0n) is 12.4. The van der Waals surface area contributed by atoms with E-state index in [2.05, 4.69) is 16.8 Å². The largest absolute Gasteiger partial charge is 0.490 e. The van der Waals surface area contributed by atoms with Crippen LogP contribution >= 0.6 is 0 Å². The molecule has 1 aromatic carbocycles. The van der Waals surface area contributed by atoms with Crippen molar-refractivity contribution in [3.05, 3.63) is 29.8 Å². The van der Waals surface area contributed by atoms with Crippen molar-refractivity contribution >= 4 is 17.6 Å². The Morgan fingerprint density at radius 1 is 1.04 bits per heavy atom. The smallest absolute Gasteiger partial charge is 0.478 e. The number of hydrogen-bond acceptors (Lipinski definition) is 4. The van der Waals surface area contributed by atoms with E-state index in [0.717, 1.165) is 31.9 Å². The van der Waals surface area contributed by atoms with Crippen LogP contribution in [0.25, 0.3) is 0 Å². The van der Waals surface area contributed by atoms with Crippen LogP contribution in [0.5, 0.6) is 0 Å². The lowest BCUT2D eigenvalue weighted by Gasteiger charge is -2.34. The lowest BCUT2D eigenvalue weighted by atomic mass is 10.1. The number of aliphatic carboxylic acids is 1. The van der Waals surface area contributed by atoms with Gasteiger partial charge in [-0.05, 0) is 19.2 Å². The molecule has 0 unspecified atom stereocenters. The molecule has 1 aromatic rings. The van der Waals surface area contributed by atoms with Crippen LogP contribution in [0.3, 0.4) is 0 Å². The van der Waals surface area contributed by atoms with Crippen molar-refractivity contribution in [2.45, 2.75) is 6.18 Å². The van der Waals surface area contributed by atoms with Crippen molar-refractivity contribution in [2.75, 3.05) is 38.1 Å². The van der Waals surface area contributed by atoms with Crippen LogP contribution in [0.4, 0.5) is 18.9 Å². The summed E-state index contributed by atoms with van der Waals surface area (Å²) in [5, 5.41) is 16.2. The molecule has 0 radical (unpaired) electrons. The van der Waals surface area contributed by atoms with Crippen molar-refractivity contribution in [1.29, 1.82) is 0 Å². The van der Waals surface area contributed by atoms with Gasteiger partial charge in [-0.2, -0.15) is 13.2 Å². The molecule has 0 spiro atoms. The zero-order chi connectivity index (χ0) is 17.6. The van der Waals surface area contributed by atoms with E-state index < -0.39 is 18.1 Å². The Kier molecular flexibility index (Phi) is 6.38. The molecule has 0 atom stereocenters. The Balaban J connectivity index is 0.000000322. The number of carbonyl (C=O) groups is 2. The monoisotopic (exact) mass is 334 g/mol. The van der Waals surface area contributed by atoms with Gasteiger partial charge in [0.05, 0.1) is 11.3 Å². The second kappa shape index (κ2) is 7.82. The second-order valence-electron chi connectivity index (χ2n) is 4.92. The number of likely N-dealkylation sites (N-methyl/N-ethyl adjacent to an activating group) is 1. The normalized spacial score (nSPS) is 15.6. The minimum Gasteiger partial charge on any atom is -0.478 e. The van der Waals surface area contributed by atoms with Crippen LogP contribution in [0.2, 0.25) is 0 Å². The molecule has 1 aliphatic heterocycles. The second-order valence-corrected chi connectivity index (χ2v) is 4.92. The maximum Gasteiger partial charge on any atom is 0.490 e. The van der Waals surface area contributed by atoms with Crippen LogP contribution in [-0.2, 0) is 4.79 Å². The van der Waals surface area contributed by atoms with Crippen LogP contribution < -0.4 is 4.90 Å². The van der Waals surface area contributed by atoms with Crippen molar-refractivity contribution in [3.8, 4) is 0 Å². The number of para-hydroxylation sites is 1. The lowest BCUT2D eigenvalue weighted by molar-refractivity contribution is -0.192. The molecule has 2 rings (SSSR count). The average Bonchev–Trinajstić information content (AvgIpc) is 2.47.